The minimum Gasteiger partial charge on any atom is -0.483 e. The van der Waals surface area contributed by atoms with Gasteiger partial charge >= 0.3 is 0 Å². The molecule has 0 spiro atoms. The van der Waals surface area contributed by atoms with Gasteiger partial charge in [0, 0.05) is 19.1 Å². The lowest BCUT2D eigenvalue weighted by molar-refractivity contribution is -0.134. The molecule has 2 aliphatic carbocycles. The maximum atomic E-state index is 14.1. The van der Waals surface area contributed by atoms with Gasteiger partial charge in [-0.15, -0.1) is 10.2 Å². The van der Waals surface area contributed by atoms with E-state index in [9.17, 15) is 9.18 Å². The second-order valence-electron chi connectivity index (χ2n) is 9.76. The SMILES string of the molecule is C[C@H]([C@@H]1C[C@@H]2CC[C@@H]1C2)n1c(COc2ccccc2F)nnc1S[C@H](C)C(=O)N1CCOCC1. The standard InChI is InChI=1S/C25H33FN4O3S/c1-16(20-14-18-7-8-19(20)13-18)30-23(15-33-22-6-4-3-5-21(22)26)27-28-25(30)34-17(2)24(31)29-9-11-32-12-10-29/h3-6,16-20H,7-15H2,1-2H3/t16-,17-,18-,19-,20+/m1/s1. The summed E-state index contributed by atoms with van der Waals surface area (Å²) in [5, 5.41) is 9.37. The molecule has 1 aromatic carbocycles. The summed E-state index contributed by atoms with van der Waals surface area (Å²) >= 11 is 1.45. The molecule has 5 rings (SSSR count). The average molecular weight is 489 g/mol. The van der Waals surface area contributed by atoms with Crippen molar-refractivity contribution in [1.29, 1.82) is 0 Å². The number of hydrogen-bond donors (Lipinski definition) is 0. The molecule has 1 aliphatic heterocycles. The molecule has 2 saturated carbocycles. The maximum Gasteiger partial charge on any atom is 0.236 e. The molecule has 0 unspecified atom stereocenters. The lowest BCUT2D eigenvalue weighted by atomic mass is 9.84. The van der Waals surface area contributed by atoms with Crippen LogP contribution in [-0.2, 0) is 16.1 Å². The van der Waals surface area contributed by atoms with Crippen LogP contribution in [0.25, 0.3) is 0 Å². The number of carbonyl (C=O) groups is 1. The molecule has 1 aromatic heterocycles. The largest absolute Gasteiger partial charge is 0.483 e. The van der Waals surface area contributed by atoms with E-state index in [1.807, 2.05) is 11.8 Å². The number of morpholine rings is 1. The monoisotopic (exact) mass is 488 g/mol. The van der Waals surface area contributed by atoms with Gasteiger partial charge in [0.1, 0.15) is 6.61 Å². The lowest BCUT2D eigenvalue weighted by Crippen LogP contribution is -2.44. The van der Waals surface area contributed by atoms with Crippen LogP contribution in [0.5, 0.6) is 5.75 Å². The predicted molar refractivity (Wildman–Crippen MR) is 127 cm³/mol. The summed E-state index contributed by atoms with van der Waals surface area (Å²) in [5.41, 5.74) is 0. The number of halogens is 1. The highest BCUT2D eigenvalue weighted by Gasteiger charge is 2.43. The summed E-state index contributed by atoms with van der Waals surface area (Å²) in [6.45, 7) is 6.71. The molecule has 3 fully saturated rings. The van der Waals surface area contributed by atoms with Crippen molar-refractivity contribution < 1.29 is 18.7 Å². The van der Waals surface area contributed by atoms with Crippen molar-refractivity contribution in [3.63, 3.8) is 0 Å². The van der Waals surface area contributed by atoms with Crippen molar-refractivity contribution in [3.05, 3.63) is 35.9 Å². The van der Waals surface area contributed by atoms with Crippen molar-refractivity contribution in [2.75, 3.05) is 26.3 Å². The van der Waals surface area contributed by atoms with Crippen LogP contribution in [0.2, 0.25) is 0 Å². The number of carbonyl (C=O) groups excluding carboxylic acids is 1. The van der Waals surface area contributed by atoms with E-state index in [-0.39, 0.29) is 29.6 Å². The smallest absolute Gasteiger partial charge is 0.236 e. The molecule has 1 amide bonds. The molecule has 2 heterocycles. The number of ether oxygens (including phenoxy) is 2. The fraction of sp³-hybridized carbons (Fsp3) is 0.640. The highest BCUT2D eigenvalue weighted by atomic mass is 32.2. The number of fused-ring (bicyclic) bond motifs is 2. The van der Waals surface area contributed by atoms with Crippen LogP contribution < -0.4 is 4.74 Å². The van der Waals surface area contributed by atoms with Crippen molar-refractivity contribution in [2.24, 2.45) is 17.8 Å². The Morgan fingerprint density at radius 1 is 1.21 bits per heavy atom. The Bertz CT molecular complexity index is 1010. The van der Waals surface area contributed by atoms with Crippen LogP contribution >= 0.6 is 11.8 Å². The molecular formula is C25H33FN4O3S. The van der Waals surface area contributed by atoms with Gasteiger partial charge in [-0.2, -0.15) is 0 Å². The van der Waals surface area contributed by atoms with Gasteiger partial charge in [0.05, 0.1) is 18.5 Å². The van der Waals surface area contributed by atoms with E-state index in [1.54, 1.807) is 18.2 Å². The zero-order valence-corrected chi connectivity index (χ0v) is 20.7. The van der Waals surface area contributed by atoms with E-state index in [2.05, 4.69) is 21.7 Å². The fourth-order valence-electron chi connectivity index (χ4n) is 5.92. The first-order chi connectivity index (χ1) is 16.5. The maximum absolute atomic E-state index is 14.1. The Morgan fingerprint density at radius 2 is 2.00 bits per heavy atom. The van der Waals surface area contributed by atoms with Gasteiger partial charge in [-0.1, -0.05) is 30.3 Å². The fourth-order valence-corrected chi connectivity index (χ4v) is 6.96. The van der Waals surface area contributed by atoms with Gasteiger partial charge < -0.3 is 14.4 Å². The molecule has 34 heavy (non-hydrogen) atoms. The number of hydrogen-bond acceptors (Lipinski definition) is 6. The van der Waals surface area contributed by atoms with E-state index in [0.717, 1.165) is 17.0 Å². The summed E-state index contributed by atoms with van der Waals surface area (Å²) in [7, 11) is 0. The highest BCUT2D eigenvalue weighted by molar-refractivity contribution is 8.00. The Hall–Kier alpha value is -2.13. The second-order valence-corrected chi connectivity index (χ2v) is 11.1. The Kier molecular flexibility index (Phi) is 7.11. The summed E-state index contributed by atoms with van der Waals surface area (Å²) in [5.74, 6) is 2.69. The summed E-state index contributed by atoms with van der Waals surface area (Å²) in [6.07, 6.45) is 5.17. The molecule has 7 nitrogen and oxygen atoms in total. The number of amides is 1. The van der Waals surface area contributed by atoms with Crippen LogP contribution in [0.4, 0.5) is 4.39 Å². The van der Waals surface area contributed by atoms with Gasteiger partial charge in [0.25, 0.3) is 0 Å². The first-order valence-electron chi connectivity index (χ1n) is 12.4. The van der Waals surface area contributed by atoms with Crippen LogP contribution in [0.1, 0.15) is 51.4 Å². The zero-order valence-electron chi connectivity index (χ0n) is 19.9. The average Bonchev–Trinajstić information content (AvgIpc) is 3.59. The quantitative estimate of drug-likeness (QED) is 0.515. The number of para-hydroxylation sites is 1. The van der Waals surface area contributed by atoms with E-state index in [0.29, 0.717) is 38.0 Å². The number of thioether (sulfide) groups is 1. The number of aromatic nitrogens is 3. The predicted octanol–water partition coefficient (Wildman–Crippen LogP) is 4.33. The molecule has 0 N–H and O–H groups in total. The van der Waals surface area contributed by atoms with Crippen LogP contribution in [0.15, 0.2) is 29.4 Å². The van der Waals surface area contributed by atoms with Gasteiger partial charge in [0.2, 0.25) is 5.91 Å². The number of rotatable bonds is 8. The molecule has 0 radical (unpaired) electrons. The molecule has 2 aromatic rings. The lowest BCUT2D eigenvalue weighted by Gasteiger charge is -2.31. The van der Waals surface area contributed by atoms with Gasteiger partial charge in [-0.3, -0.25) is 9.36 Å². The summed E-state index contributed by atoms with van der Waals surface area (Å²) in [6, 6.07) is 6.59. The van der Waals surface area contributed by atoms with Crippen LogP contribution in [0.3, 0.4) is 0 Å². The van der Waals surface area contributed by atoms with Crippen LogP contribution in [-0.4, -0.2) is 57.1 Å². The molecule has 184 valence electrons. The third-order valence-corrected chi connectivity index (χ3v) is 8.75. The Labute approximate surface area is 204 Å². The van der Waals surface area contributed by atoms with Gasteiger partial charge in [-0.25, -0.2) is 4.39 Å². The second kappa shape index (κ2) is 10.2. The Morgan fingerprint density at radius 3 is 2.71 bits per heavy atom. The van der Waals surface area contributed by atoms with Crippen LogP contribution in [0, 0.1) is 23.6 Å². The van der Waals surface area contributed by atoms with Crippen molar-refractivity contribution in [3.8, 4) is 5.75 Å². The van der Waals surface area contributed by atoms with E-state index in [1.165, 1.54) is 43.5 Å². The highest BCUT2D eigenvalue weighted by Crippen LogP contribution is 2.52. The number of benzene rings is 1. The van der Waals surface area contributed by atoms with Crippen molar-refractivity contribution in [2.45, 2.75) is 62.6 Å². The summed E-state index contributed by atoms with van der Waals surface area (Å²) < 4.78 is 27.5. The van der Waals surface area contributed by atoms with Crippen molar-refractivity contribution in [1.82, 2.24) is 19.7 Å². The first-order valence-corrected chi connectivity index (χ1v) is 13.2. The minimum absolute atomic E-state index is 0.0968. The van der Waals surface area contributed by atoms with Crippen molar-refractivity contribution >= 4 is 17.7 Å². The summed E-state index contributed by atoms with van der Waals surface area (Å²) in [4.78, 5) is 14.9. The molecule has 5 atom stereocenters. The third-order valence-electron chi connectivity index (χ3n) is 7.70. The van der Waals surface area contributed by atoms with E-state index < -0.39 is 5.82 Å². The Balaban J connectivity index is 1.36. The molecule has 9 heteroatoms. The van der Waals surface area contributed by atoms with Gasteiger partial charge in [0.15, 0.2) is 22.5 Å². The van der Waals surface area contributed by atoms with Gasteiger partial charge in [-0.05, 0) is 63.0 Å². The van der Waals surface area contributed by atoms with E-state index >= 15 is 0 Å². The number of nitrogens with zero attached hydrogens (tertiary/aromatic N) is 4. The topological polar surface area (TPSA) is 69.5 Å². The molecule has 3 aliphatic rings. The molecular weight excluding hydrogens is 455 g/mol. The van der Waals surface area contributed by atoms with E-state index in [4.69, 9.17) is 9.47 Å². The normalized spacial score (nSPS) is 26.0. The molecule has 2 bridgehead atoms. The zero-order chi connectivity index (χ0) is 23.7. The first kappa shape index (κ1) is 23.6. The third kappa shape index (κ3) is 4.82. The minimum atomic E-state index is -0.394. The molecule has 1 saturated heterocycles.